The molecule has 2 N–H and O–H groups in total. The van der Waals surface area contributed by atoms with Crippen molar-refractivity contribution in [2.75, 3.05) is 7.05 Å². The average molecular weight is 493 g/mol. The van der Waals surface area contributed by atoms with Gasteiger partial charge in [0.2, 0.25) is 5.88 Å². The molecule has 1 aromatic carbocycles. The predicted octanol–water partition coefficient (Wildman–Crippen LogP) is 3.89. The maximum atomic E-state index is 13.4. The zero-order chi connectivity index (χ0) is 18.9. The van der Waals surface area contributed by atoms with Gasteiger partial charge in [-0.05, 0) is 30.3 Å². The summed E-state index contributed by atoms with van der Waals surface area (Å²) in [7, 11) is 1.70. The zero-order valence-electron chi connectivity index (χ0n) is 15.3. The summed E-state index contributed by atoms with van der Waals surface area (Å²) < 4.78 is 19.1. The number of halogens is 2. The third-order valence-corrected chi connectivity index (χ3v) is 3.69. The molecule has 0 aliphatic carbocycles. The fourth-order valence-corrected chi connectivity index (χ4v) is 2.37. The Morgan fingerprint density at radius 3 is 2.57 bits per heavy atom. The third-order valence-electron chi connectivity index (χ3n) is 3.69. The van der Waals surface area contributed by atoms with E-state index in [1.165, 1.54) is 12.1 Å². The van der Waals surface area contributed by atoms with Crippen molar-refractivity contribution in [3.63, 3.8) is 0 Å². The van der Waals surface area contributed by atoms with Crippen LogP contribution in [0, 0.1) is 5.82 Å². The van der Waals surface area contributed by atoms with E-state index >= 15 is 0 Å². The summed E-state index contributed by atoms with van der Waals surface area (Å²) in [6.45, 7) is 1.00. The number of benzene rings is 1. The van der Waals surface area contributed by atoms with Crippen LogP contribution in [0.5, 0.6) is 11.6 Å². The first-order valence-corrected chi connectivity index (χ1v) is 8.46. The van der Waals surface area contributed by atoms with Crippen LogP contribution in [0.1, 0.15) is 11.3 Å². The Bertz CT molecular complexity index is 908. The molecule has 6 nitrogen and oxygen atoms in total. The number of nitrogens with zero attached hydrogens (tertiary/aromatic N) is 3. The maximum Gasteiger partial charge on any atom is 0.224 e. The normalized spacial score (nSPS) is 10.7. The molecule has 0 amide bonds. The van der Waals surface area contributed by atoms with E-state index in [1.54, 1.807) is 31.6 Å². The molecule has 3 aromatic rings. The lowest BCUT2D eigenvalue weighted by molar-refractivity contribution is 0.450. The first kappa shape index (κ1) is 21.5. The quantitative estimate of drug-likeness (QED) is 0.310. The molecule has 0 radical (unpaired) electrons. The Labute approximate surface area is 180 Å². The van der Waals surface area contributed by atoms with Crippen molar-refractivity contribution < 1.29 is 9.13 Å². The van der Waals surface area contributed by atoms with Crippen molar-refractivity contribution in [1.82, 2.24) is 20.6 Å². The molecule has 0 unspecified atom stereocenters. The van der Waals surface area contributed by atoms with Crippen molar-refractivity contribution >= 4 is 29.9 Å². The highest BCUT2D eigenvalue weighted by molar-refractivity contribution is 14.0. The zero-order valence-corrected chi connectivity index (χ0v) is 17.6. The predicted molar refractivity (Wildman–Crippen MR) is 117 cm³/mol. The van der Waals surface area contributed by atoms with E-state index in [9.17, 15) is 4.39 Å². The molecule has 28 heavy (non-hydrogen) atoms. The molecule has 0 fully saturated rings. The summed E-state index contributed by atoms with van der Waals surface area (Å²) in [5.74, 6) is 1.08. The number of hydrogen-bond donors (Lipinski definition) is 2. The number of aromatic nitrogens is 2. The standard InChI is InChI=1S/C20H20FN5O.HI/c1-22-20(26-14-17-8-2-3-10-23-17)25-13-15-6-5-11-24-19(15)27-18-9-4-7-16(21)12-18;/h2-12H,13-14H2,1H3,(H2,22,25,26);1H. The van der Waals surface area contributed by atoms with E-state index < -0.39 is 0 Å². The second-order valence-corrected chi connectivity index (χ2v) is 5.63. The van der Waals surface area contributed by atoms with Gasteiger partial charge in [0.1, 0.15) is 11.6 Å². The molecule has 0 saturated carbocycles. The van der Waals surface area contributed by atoms with Gasteiger partial charge in [0.25, 0.3) is 0 Å². The topological polar surface area (TPSA) is 71.4 Å². The second kappa shape index (κ2) is 11.2. The molecule has 146 valence electrons. The molecule has 0 saturated heterocycles. The van der Waals surface area contributed by atoms with Crippen molar-refractivity contribution in [2.24, 2.45) is 4.99 Å². The van der Waals surface area contributed by atoms with E-state index in [1.807, 2.05) is 30.3 Å². The van der Waals surface area contributed by atoms with Gasteiger partial charge in [-0.2, -0.15) is 0 Å². The van der Waals surface area contributed by atoms with Crippen LogP contribution in [0.3, 0.4) is 0 Å². The molecule has 0 bridgehead atoms. The highest BCUT2D eigenvalue weighted by Gasteiger charge is 2.08. The number of pyridine rings is 2. The smallest absolute Gasteiger partial charge is 0.224 e. The molecule has 2 heterocycles. The third kappa shape index (κ3) is 6.45. The van der Waals surface area contributed by atoms with Crippen LogP contribution < -0.4 is 15.4 Å². The Kier molecular flexibility index (Phi) is 8.60. The van der Waals surface area contributed by atoms with Gasteiger partial charge in [-0.3, -0.25) is 9.98 Å². The number of nitrogens with one attached hydrogen (secondary N) is 2. The molecule has 2 aromatic heterocycles. The van der Waals surface area contributed by atoms with E-state index in [4.69, 9.17) is 4.74 Å². The van der Waals surface area contributed by atoms with Gasteiger partial charge >= 0.3 is 0 Å². The SMILES string of the molecule is CN=C(NCc1ccccn1)NCc1cccnc1Oc1cccc(F)c1.I. The summed E-state index contributed by atoms with van der Waals surface area (Å²) >= 11 is 0. The largest absolute Gasteiger partial charge is 0.439 e. The van der Waals surface area contributed by atoms with Gasteiger partial charge in [0.05, 0.1) is 12.2 Å². The van der Waals surface area contributed by atoms with Gasteiger partial charge in [-0.25, -0.2) is 9.37 Å². The molecule has 0 atom stereocenters. The number of aliphatic imine (C=N–C) groups is 1. The lowest BCUT2D eigenvalue weighted by Crippen LogP contribution is -2.36. The fraction of sp³-hybridized carbons (Fsp3) is 0.150. The van der Waals surface area contributed by atoms with Crippen molar-refractivity contribution in [3.05, 3.63) is 84.1 Å². The van der Waals surface area contributed by atoms with Gasteiger partial charge < -0.3 is 15.4 Å². The van der Waals surface area contributed by atoms with Crippen LogP contribution in [-0.4, -0.2) is 23.0 Å². The molecular weight excluding hydrogens is 472 g/mol. The van der Waals surface area contributed by atoms with E-state index in [0.29, 0.717) is 30.7 Å². The molecular formula is C20H21FIN5O. The molecule has 3 rings (SSSR count). The molecule has 0 aliphatic heterocycles. The van der Waals surface area contributed by atoms with Crippen LogP contribution in [0.4, 0.5) is 4.39 Å². The highest BCUT2D eigenvalue weighted by Crippen LogP contribution is 2.23. The maximum absolute atomic E-state index is 13.4. The summed E-state index contributed by atoms with van der Waals surface area (Å²) in [5.41, 5.74) is 1.74. The summed E-state index contributed by atoms with van der Waals surface area (Å²) in [4.78, 5) is 12.7. The number of guanidine groups is 1. The first-order chi connectivity index (χ1) is 13.2. The van der Waals surface area contributed by atoms with Gasteiger partial charge in [0.15, 0.2) is 5.96 Å². The van der Waals surface area contributed by atoms with Crippen molar-refractivity contribution in [1.29, 1.82) is 0 Å². The summed E-state index contributed by atoms with van der Waals surface area (Å²) in [6.07, 6.45) is 3.38. The van der Waals surface area contributed by atoms with E-state index in [2.05, 4.69) is 25.6 Å². The average Bonchev–Trinajstić information content (AvgIpc) is 2.70. The minimum absolute atomic E-state index is 0. The molecule has 8 heteroatoms. The van der Waals surface area contributed by atoms with Gasteiger partial charge in [0, 0.05) is 37.6 Å². The van der Waals surface area contributed by atoms with E-state index in [-0.39, 0.29) is 29.8 Å². The lowest BCUT2D eigenvalue weighted by atomic mass is 10.2. The Balaban J connectivity index is 0.00000280. The Hall–Kier alpha value is -2.75. The van der Waals surface area contributed by atoms with Crippen LogP contribution in [-0.2, 0) is 13.1 Å². The number of hydrogen-bond acceptors (Lipinski definition) is 4. The van der Waals surface area contributed by atoms with Crippen LogP contribution in [0.2, 0.25) is 0 Å². The Morgan fingerprint density at radius 2 is 1.82 bits per heavy atom. The summed E-state index contributed by atoms with van der Waals surface area (Å²) in [5, 5.41) is 6.41. The van der Waals surface area contributed by atoms with Crippen molar-refractivity contribution in [3.8, 4) is 11.6 Å². The first-order valence-electron chi connectivity index (χ1n) is 8.46. The highest BCUT2D eigenvalue weighted by atomic mass is 127. The fourth-order valence-electron chi connectivity index (χ4n) is 2.37. The number of rotatable bonds is 6. The monoisotopic (exact) mass is 493 g/mol. The number of ether oxygens (including phenoxy) is 1. The Morgan fingerprint density at radius 1 is 1.00 bits per heavy atom. The molecule has 0 spiro atoms. The van der Waals surface area contributed by atoms with Gasteiger partial charge in [-0.15, -0.1) is 24.0 Å². The van der Waals surface area contributed by atoms with Crippen LogP contribution in [0.15, 0.2) is 72.0 Å². The minimum Gasteiger partial charge on any atom is -0.439 e. The lowest BCUT2D eigenvalue weighted by Gasteiger charge is -2.14. The molecule has 0 aliphatic rings. The van der Waals surface area contributed by atoms with Crippen LogP contribution >= 0.6 is 24.0 Å². The van der Waals surface area contributed by atoms with E-state index in [0.717, 1.165) is 11.3 Å². The van der Waals surface area contributed by atoms with Gasteiger partial charge in [-0.1, -0.05) is 18.2 Å². The van der Waals surface area contributed by atoms with Crippen molar-refractivity contribution in [2.45, 2.75) is 13.1 Å². The van der Waals surface area contributed by atoms with Crippen LogP contribution in [0.25, 0.3) is 0 Å². The minimum atomic E-state index is -0.359. The second-order valence-electron chi connectivity index (χ2n) is 5.63. The summed E-state index contributed by atoms with van der Waals surface area (Å²) in [6, 6.07) is 15.4.